The van der Waals surface area contributed by atoms with E-state index < -0.39 is 6.09 Å². The minimum atomic E-state index is -0.856. The van der Waals surface area contributed by atoms with Crippen molar-refractivity contribution < 1.29 is 9.90 Å². The summed E-state index contributed by atoms with van der Waals surface area (Å²) in [5, 5.41) is 8.68. The molecule has 0 aromatic heterocycles. The first-order valence-corrected chi connectivity index (χ1v) is 4.31. The summed E-state index contributed by atoms with van der Waals surface area (Å²) in [7, 11) is 0. The van der Waals surface area contributed by atoms with Gasteiger partial charge in [-0.1, -0.05) is 25.8 Å². The molecular weight excluding hydrogens is 154 g/mol. The second-order valence-corrected chi connectivity index (χ2v) is 2.72. The number of carboxylic acid groups (broad SMARTS) is 1. The highest BCUT2D eigenvalue weighted by Crippen LogP contribution is 1.98. The Morgan fingerprint density at radius 2 is 2.25 bits per heavy atom. The zero-order valence-corrected chi connectivity index (χ0v) is 7.62. The fourth-order valence-electron chi connectivity index (χ4n) is 0.974. The lowest BCUT2D eigenvalue weighted by Gasteiger charge is -2.16. The summed E-state index contributed by atoms with van der Waals surface area (Å²) >= 11 is 0. The van der Waals surface area contributed by atoms with Gasteiger partial charge in [0.15, 0.2) is 0 Å². The molecule has 0 aliphatic carbocycles. The highest BCUT2D eigenvalue weighted by Gasteiger charge is 2.07. The van der Waals surface area contributed by atoms with Crippen LogP contribution in [0.2, 0.25) is 0 Å². The van der Waals surface area contributed by atoms with Crippen LogP contribution in [0.3, 0.4) is 0 Å². The SMILES string of the molecule is C=CCN(CCCCC)C(=O)O. The number of carbonyl (C=O) groups is 1. The van der Waals surface area contributed by atoms with Gasteiger partial charge in [-0.25, -0.2) is 4.79 Å². The molecule has 1 amide bonds. The van der Waals surface area contributed by atoms with E-state index in [4.69, 9.17) is 5.11 Å². The number of unbranched alkanes of at least 4 members (excludes halogenated alkanes) is 2. The Kier molecular flexibility index (Phi) is 6.15. The molecule has 0 saturated heterocycles. The predicted octanol–water partition coefficient (Wildman–Crippen LogP) is 2.34. The first-order chi connectivity index (χ1) is 5.72. The van der Waals surface area contributed by atoms with Crippen molar-refractivity contribution in [2.24, 2.45) is 0 Å². The molecule has 0 radical (unpaired) electrons. The molecule has 0 aliphatic rings. The second kappa shape index (κ2) is 6.70. The molecule has 1 N–H and O–H groups in total. The van der Waals surface area contributed by atoms with E-state index in [9.17, 15) is 4.79 Å². The van der Waals surface area contributed by atoms with Crippen molar-refractivity contribution in [3.63, 3.8) is 0 Å². The molecule has 0 aliphatic heterocycles. The lowest BCUT2D eigenvalue weighted by molar-refractivity contribution is 0.149. The molecule has 0 rings (SSSR count). The molecule has 12 heavy (non-hydrogen) atoms. The molecule has 0 atom stereocenters. The van der Waals surface area contributed by atoms with E-state index in [2.05, 4.69) is 13.5 Å². The normalized spacial score (nSPS) is 9.42. The number of hydrogen-bond acceptors (Lipinski definition) is 1. The van der Waals surface area contributed by atoms with Crippen LogP contribution in [0.5, 0.6) is 0 Å². The summed E-state index contributed by atoms with van der Waals surface area (Å²) in [6.07, 6.45) is 3.89. The van der Waals surface area contributed by atoms with Gasteiger partial charge in [-0.15, -0.1) is 6.58 Å². The Morgan fingerprint density at radius 3 is 2.67 bits per heavy atom. The van der Waals surface area contributed by atoms with Crippen molar-refractivity contribution in [3.8, 4) is 0 Å². The second-order valence-electron chi connectivity index (χ2n) is 2.72. The van der Waals surface area contributed by atoms with E-state index >= 15 is 0 Å². The van der Waals surface area contributed by atoms with Crippen LogP contribution in [0, 0.1) is 0 Å². The number of nitrogens with zero attached hydrogens (tertiary/aromatic N) is 1. The first-order valence-electron chi connectivity index (χ1n) is 4.31. The van der Waals surface area contributed by atoms with Crippen LogP contribution < -0.4 is 0 Å². The van der Waals surface area contributed by atoms with Crippen LogP contribution in [0.4, 0.5) is 4.79 Å². The summed E-state index contributed by atoms with van der Waals surface area (Å²) in [5.41, 5.74) is 0. The Labute approximate surface area is 73.7 Å². The van der Waals surface area contributed by atoms with Crippen molar-refractivity contribution in [1.82, 2.24) is 4.90 Å². The average molecular weight is 171 g/mol. The minimum Gasteiger partial charge on any atom is -0.465 e. The maximum absolute atomic E-state index is 10.6. The Hall–Kier alpha value is -0.990. The van der Waals surface area contributed by atoms with Crippen molar-refractivity contribution in [2.75, 3.05) is 13.1 Å². The third-order valence-electron chi connectivity index (χ3n) is 1.65. The van der Waals surface area contributed by atoms with E-state index in [1.807, 2.05) is 0 Å². The molecule has 0 aromatic carbocycles. The zero-order chi connectivity index (χ0) is 9.40. The molecule has 70 valence electrons. The highest BCUT2D eigenvalue weighted by molar-refractivity contribution is 5.65. The molecule has 3 nitrogen and oxygen atoms in total. The van der Waals surface area contributed by atoms with Gasteiger partial charge in [0, 0.05) is 13.1 Å². The summed E-state index contributed by atoms with van der Waals surface area (Å²) in [5.74, 6) is 0. The van der Waals surface area contributed by atoms with Crippen molar-refractivity contribution in [2.45, 2.75) is 26.2 Å². The third kappa shape index (κ3) is 4.77. The largest absolute Gasteiger partial charge is 0.465 e. The number of amides is 1. The van der Waals surface area contributed by atoms with Gasteiger partial charge in [-0.05, 0) is 6.42 Å². The molecule has 3 heteroatoms. The molecule has 0 saturated carbocycles. The molecule has 0 bridgehead atoms. The summed E-state index contributed by atoms with van der Waals surface area (Å²) in [6.45, 7) is 6.65. The highest BCUT2D eigenvalue weighted by atomic mass is 16.4. The number of rotatable bonds is 6. The van der Waals surface area contributed by atoms with Crippen LogP contribution in [0.15, 0.2) is 12.7 Å². The average Bonchev–Trinajstić information content (AvgIpc) is 2.03. The fourth-order valence-corrected chi connectivity index (χ4v) is 0.974. The van der Waals surface area contributed by atoms with Crippen molar-refractivity contribution in [3.05, 3.63) is 12.7 Å². The lowest BCUT2D eigenvalue weighted by Crippen LogP contribution is -2.30. The minimum absolute atomic E-state index is 0.430. The summed E-state index contributed by atoms with van der Waals surface area (Å²) in [4.78, 5) is 11.9. The zero-order valence-electron chi connectivity index (χ0n) is 7.62. The van der Waals surface area contributed by atoms with Gasteiger partial charge >= 0.3 is 6.09 Å². The lowest BCUT2D eigenvalue weighted by atomic mass is 10.2. The Balaban J connectivity index is 3.63. The Bertz CT molecular complexity index is 145. The van der Waals surface area contributed by atoms with E-state index in [-0.39, 0.29) is 0 Å². The summed E-state index contributed by atoms with van der Waals surface area (Å²) in [6, 6.07) is 0. The molecule has 0 unspecified atom stereocenters. The van der Waals surface area contributed by atoms with E-state index in [1.165, 1.54) is 4.90 Å². The fraction of sp³-hybridized carbons (Fsp3) is 0.667. The Morgan fingerprint density at radius 1 is 1.58 bits per heavy atom. The van der Waals surface area contributed by atoms with E-state index in [0.717, 1.165) is 19.3 Å². The maximum Gasteiger partial charge on any atom is 0.407 e. The van der Waals surface area contributed by atoms with Crippen LogP contribution >= 0.6 is 0 Å². The smallest absolute Gasteiger partial charge is 0.407 e. The van der Waals surface area contributed by atoms with Gasteiger partial charge in [0.1, 0.15) is 0 Å². The topological polar surface area (TPSA) is 40.5 Å². The van der Waals surface area contributed by atoms with Gasteiger partial charge in [-0.3, -0.25) is 0 Å². The molecule has 0 aromatic rings. The third-order valence-corrected chi connectivity index (χ3v) is 1.65. The van der Waals surface area contributed by atoms with Gasteiger partial charge in [0.25, 0.3) is 0 Å². The van der Waals surface area contributed by atoms with Crippen molar-refractivity contribution in [1.29, 1.82) is 0 Å². The van der Waals surface area contributed by atoms with Crippen LogP contribution in [-0.2, 0) is 0 Å². The van der Waals surface area contributed by atoms with Gasteiger partial charge < -0.3 is 10.0 Å². The molecule has 0 fully saturated rings. The van der Waals surface area contributed by atoms with E-state index in [0.29, 0.717) is 13.1 Å². The maximum atomic E-state index is 10.6. The van der Waals surface area contributed by atoms with Crippen LogP contribution in [0.1, 0.15) is 26.2 Å². The monoisotopic (exact) mass is 171 g/mol. The molecule has 0 spiro atoms. The molecule has 0 heterocycles. The quantitative estimate of drug-likeness (QED) is 0.492. The van der Waals surface area contributed by atoms with Gasteiger partial charge in [-0.2, -0.15) is 0 Å². The first kappa shape index (κ1) is 11.0. The predicted molar refractivity (Wildman–Crippen MR) is 49.3 cm³/mol. The van der Waals surface area contributed by atoms with E-state index in [1.54, 1.807) is 6.08 Å². The van der Waals surface area contributed by atoms with Gasteiger partial charge in [0.05, 0.1) is 0 Å². The van der Waals surface area contributed by atoms with Crippen molar-refractivity contribution >= 4 is 6.09 Å². The van der Waals surface area contributed by atoms with Crippen LogP contribution in [0.25, 0.3) is 0 Å². The summed E-state index contributed by atoms with van der Waals surface area (Å²) < 4.78 is 0. The molecular formula is C9H17NO2. The van der Waals surface area contributed by atoms with Crippen LogP contribution in [-0.4, -0.2) is 29.2 Å². The van der Waals surface area contributed by atoms with Gasteiger partial charge in [0.2, 0.25) is 0 Å². The number of hydrogen-bond donors (Lipinski definition) is 1. The standard InChI is InChI=1S/C9H17NO2/c1-3-5-6-8-10(7-4-2)9(11)12/h4H,2-3,5-8H2,1H3,(H,11,12).